The van der Waals surface area contributed by atoms with Crippen LogP contribution in [-0.4, -0.2) is 30.4 Å². The van der Waals surface area contributed by atoms with E-state index >= 15 is 0 Å². The molecular formula is C23H21F4NO3. The number of likely N-dealkylation sites (tertiary alicyclic amines) is 1. The zero-order valence-electron chi connectivity index (χ0n) is 16.9. The average Bonchev–Trinajstić information content (AvgIpc) is 3.01. The number of rotatable bonds is 3. The zero-order chi connectivity index (χ0) is 22.4. The lowest BCUT2D eigenvalue weighted by Gasteiger charge is -2.33. The molecule has 2 aromatic carbocycles. The Balaban J connectivity index is 1.52. The molecule has 164 valence electrons. The van der Waals surface area contributed by atoms with Crippen LogP contribution < -0.4 is 0 Å². The monoisotopic (exact) mass is 435 g/mol. The van der Waals surface area contributed by atoms with Gasteiger partial charge in [-0.05, 0) is 66.6 Å². The maximum absolute atomic E-state index is 13.9. The Morgan fingerprint density at radius 2 is 1.90 bits per heavy atom. The summed E-state index contributed by atoms with van der Waals surface area (Å²) in [5.41, 5.74) is 0.859. The van der Waals surface area contributed by atoms with Crippen molar-refractivity contribution in [1.82, 2.24) is 4.90 Å². The summed E-state index contributed by atoms with van der Waals surface area (Å²) >= 11 is 0. The SMILES string of the molecule is COC(=O)c1ccc2c(c1)C[C@]1(CC2)CCN(Cc2ccc(C(F)(F)F)c(F)c2)C1=O. The molecule has 1 aliphatic carbocycles. The maximum Gasteiger partial charge on any atom is 0.419 e. The second-order valence-corrected chi connectivity index (χ2v) is 8.22. The minimum absolute atomic E-state index is 0.0602. The molecule has 1 fully saturated rings. The Morgan fingerprint density at radius 1 is 1.13 bits per heavy atom. The van der Waals surface area contributed by atoms with E-state index in [-0.39, 0.29) is 12.5 Å². The molecule has 0 saturated carbocycles. The van der Waals surface area contributed by atoms with E-state index < -0.39 is 28.9 Å². The van der Waals surface area contributed by atoms with Gasteiger partial charge < -0.3 is 9.64 Å². The minimum atomic E-state index is -4.76. The topological polar surface area (TPSA) is 46.6 Å². The van der Waals surface area contributed by atoms with Gasteiger partial charge in [0.05, 0.1) is 23.7 Å². The summed E-state index contributed by atoms with van der Waals surface area (Å²) in [5, 5.41) is 0. The van der Waals surface area contributed by atoms with E-state index in [1.165, 1.54) is 13.2 Å². The number of hydrogen-bond acceptors (Lipinski definition) is 3. The van der Waals surface area contributed by atoms with Gasteiger partial charge in [-0.1, -0.05) is 12.1 Å². The Kier molecular flexibility index (Phi) is 5.27. The summed E-state index contributed by atoms with van der Waals surface area (Å²) in [5.74, 6) is -1.86. The third-order valence-electron chi connectivity index (χ3n) is 6.34. The molecule has 2 aliphatic rings. The van der Waals surface area contributed by atoms with Crippen molar-refractivity contribution in [2.24, 2.45) is 5.41 Å². The summed E-state index contributed by atoms with van der Waals surface area (Å²) < 4.78 is 57.0. The molecule has 1 saturated heterocycles. The van der Waals surface area contributed by atoms with Crippen LogP contribution in [0.2, 0.25) is 0 Å². The molecule has 4 rings (SSSR count). The van der Waals surface area contributed by atoms with E-state index in [4.69, 9.17) is 4.74 Å². The van der Waals surface area contributed by atoms with Gasteiger partial charge in [0, 0.05) is 13.1 Å². The van der Waals surface area contributed by atoms with Crippen molar-refractivity contribution in [3.05, 3.63) is 70.0 Å². The second-order valence-electron chi connectivity index (χ2n) is 8.22. The number of carbonyl (C=O) groups excluding carboxylic acids is 2. The van der Waals surface area contributed by atoms with Gasteiger partial charge in [0.15, 0.2) is 0 Å². The molecule has 0 unspecified atom stereocenters. The van der Waals surface area contributed by atoms with Gasteiger partial charge in [-0.2, -0.15) is 13.2 Å². The fourth-order valence-electron chi connectivity index (χ4n) is 4.65. The van der Waals surface area contributed by atoms with Crippen molar-refractivity contribution in [2.75, 3.05) is 13.7 Å². The molecule has 0 N–H and O–H groups in total. The zero-order valence-corrected chi connectivity index (χ0v) is 16.9. The van der Waals surface area contributed by atoms with Crippen molar-refractivity contribution >= 4 is 11.9 Å². The molecule has 2 aromatic rings. The van der Waals surface area contributed by atoms with Crippen LogP contribution in [0.3, 0.4) is 0 Å². The van der Waals surface area contributed by atoms with Crippen LogP contribution >= 0.6 is 0 Å². The number of benzene rings is 2. The number of halogens is 4. The lowest BCUT2D eigenvalue weighted by atomic mass is 9.70. The molecule has 1 amide bonds. The van der Waals surface area contributed by atoms with Crippen LogP contribution in [0.5, 0.6) is 0 Å². The number of hydrogen-bond donors (Lipinski definition) is 0. The van der Waals surface area contributed by atoms with Crippen molar-refractivity contribution < 1.29 is 31.9 Å². The lowest BCUT2D eigenvalue weighted by Crippen LogP contribution is -2.38. The first-order chi connectivity index (χ1) is 14.6. The van der Waals surface area contributed by atoms with E-state index in [0.717, 1.165) is 17.2 Å². The molecule has 0 radical (unpaired) electrons. The van der Waals surface area contributed by atoms with Crippen LogP contribution in [0, 0.1) is 11.2 Å². The quantitative estimate of drug-likeness (QED) is 0.526. The van der Waals surface area contributed by atoms with E-state index in [9.17, 15) is 27.2 Å². The molecule has 8 heteroatoms. The molecule has 1 heterocycles. The number of esters is 1. The number of methoxy groups -OCH3 is 1. The summed E-state index contributed by atoms with van der Waals surface area (Å²) in [7, 11) is 1.31. The van der Waals surface area contributed by atoms with E-state index in [1.807, 2.05) is 6.07 Å². The largest absolute Gasteiger partial charge is 0.465 e. The fourth-order valence-corrected chi connectivity index (χ4v) is 4.65. The van der Waals surface area contributed by atoms with Crippen LogP contribution in [0.15, 0.2) is 36.4 Å². The van der Waals surface area contributed by atoms with E-state index in [1.54, 1.807) is 17.0 Å². The fraction of sp³-hybridized carbons (Fsp3) is 0.391. The highest BCUT2D eigenvalue weighted by atomic mass is 19.4. The Morgan fingerprint density at radius 3 is 2.58 bits per heavy atom. The van der Waals surface area contributed by atoms with Crippen LogP contribution in [0.4, 0.5) is 17.6 Å². The maximum atomic E-state index is 13.9. The van der Waals surface area contributed by atoms with Gasteiger partial charge in [0.25, 0.3) is 0 Å². The normalized spacial score (nSPS) is 20.8. The minimum Gasteiger partial charge on any atom is -0.465 e. The number of nitrogens with zero attached hydrogens (tertiary/aromatic N) is 1. The molecule has 31 heavy (non-hydrogen) atoms. The van der Waals surface area contributed by atoms with Crippen molar-refractivity contribution in [3.63, 3.8) is 0 Å². The third-order valence-corrected chi connectivity index (χ3v) is 6.34. The summed E-state index contributed by atoms with van der Waals surface area (Å²) in [6, 6.07) is 8.14. The third kappa shape index (κ3) is 3.91. The van der Waals surface area contributed by atoms with Gasteiger partial charge in [0.1, 0.15) is 5.82 Å². The summed E-state index contributed by atoms with van der Waals surface area (Å²) in [6.45, 7) is 0.512. The Labute approximate surface area is 176 Å². The lowest BCUT2D eigenvalue weighted by molar-refractivity contribution is -0.140. The molecular weight excluding hydrogens is 414 g/mol. The number of ether oxygens (including phenoxy) is 1. The van der Waals surface area contributed by atoms with Crippen molar-refractivity contribution in [3.8, 4) is 0 Å². The van der Waals surface area contributed by atoms with Gasteiger partial charge in [0.2, 0.25) is 5.91 Å². The van der Waals surface area contributed by atoms with Gasteiger partial charge in [-0.15, -0.1) is 0 Å². The molecule has 1 atom stereocenters. The molecule has 1 spiro atoms. The highest BCUT2D eigenvalue weighted by Crippen LogP contribution is 2.44. The number of amides is 1. The predicted octanol–water partition coefficient (Wildman–Crippen LogP) is 4.54. The highest BCUT2D eigenvalue weighted by Gasteiger charge is 2.48. The van der Waals surface area contributed by atoms with E-state index in [2.05, 4.69) is 0 Å². The first-order valence-electron chi connectivity index (χ1n) is 9.98. The number of carbonyl (C=O) groups is 2. The predicted molar refractivity (Wildman–Crippen MR) is 104 cm³/mol. The molecule has 4 nitrogen and oxygen atoms in total. The Bertz CT molecular complexity index is 1050. The number of alkyl halides is 3. The average molecular weight is 435 g/mol. The standard InChI is InChI=1S/C23H21F4NO3/c1-31-20(29)16-4-3-15-6-7-22(12-17(15)11-16)8-9-28(21(22)30)13-14-2-5-18(19(24)10-14)23(25,26)27/h2-5,10-11H,6-9,12-13H2,1H3/t22-/m0/s1. The van der Waals surface area contributed by atoms with Crippen molar-refractivity contribution in [1.29, 1.82) is 0 Å². The molecule has 0 aromatic heterocycles. The van der Waals surface area contributed by atoms with Gasteiger partial charge in [-0.3, -0.25) is 4.79 Å². The number of fused-ring (bicyclic) bond motifs is 1. The Hall–Kier alpha value is -2.90. The van der Waals surface area contributed by atoms with Crippen molar-refractivity contribution in [2.45, 2.75) is 38.4 Å². The first kappa shape index (κ1) is 21.3. The molecule has 0 bridgehead atoms. The molecule has 1 aliphatic heterocycles. The van der Waals surface area contributed by atoms with Crippen LogP contribution in [-0.2, 0) is 35.1 Å². The van der Waals surface area contributed by atoms with E-state index in [0.29, 0.717) is 49.4 Å². The second kappa shape index (κ2) is 7.66. The van der Waals surface area contributed by atoms with Crippen LogP contribution in [0.1, 0.15) is 45.5 Å². The summed E-state index contributed by atoms with van der Waals surface area (Å²) in [4.78, 5) is 26.7. The number of aryl methyl sites for hydroxylation is 1. The smallest absolute Gasteiger partial charge is 0.419 e. The summed E-state index contributed by atoms with van der Waals surface area (Å²) in [6.07, 6.45) is -2.30. The van der Waals surface area contributed by atoms with Gasteiger partial charge >= 0.3 is 12.1 Å². The van der Waals surface area contributed by atoms with Gasteiger partial charge in [-0.25, -0.2) is 9.18 Å². The first-order valence-corrected chi connectivity index (χ1v) is 9.98. The van der Waals surface area contributed by atoms with Crippen LogP contribution in [0.25, 0.3) is 0 Å². The highest BCUT2D eigenvalue weighted by molar-refractivity contribution is 5.90.